The maximum absolute atomic E-state index is 10.0. The van der Waals surface area contributed by atoms with Crippen LogP contribution >= 0.6 is 12.4 Å². The summed E-state index contributed by atoms with van der Waals surface area (Å²) in [6.07, 6.45) is 0.986. The Morgan fingerprint density at radius 1 is 1.35 bits per heavy atom. The summed E-state index contributed by atoms with van der Waals surface area (Å²) in [7, 11) is 0. The molecule has 0 saturated carbocycles. The minimum atomic E-state index is -0.148. The van der Waals surface area contributed by atoms with Gasteiger partial charge in [0, 0.05) is 11.6 Å². The zero-order valence-corrected chi connectivity index (χ0v) is 11.5. The standard InChI is InChI=1S/C13H21NO2.ClH/c1-4-9(3)12(14)10-7-6-8-11(13(10)15)16-5-2;/h6-9,12,15H,4-5,14H2,1-3H3;1H/t9?,12-;/m0./s1. The van der Waals surface area contributed by atoms with Gasteiger partial charge in [0.25, 0.3) is 0 Å². The Morgan fingerprint density at radius 3 is 2.53 bits per heavy atom. The van der Waals surface area contributed by atoms with Gasteiger partial charge in [0.1, 0.15) is 0 Å². The highest BCUT2D eigenvalue weighted by atomic mass is 35.5. The molecule has 1 aromatic carbocycles. The predicted molar refractivity (Wildman–Crippen MR) is 72.9 cm³/mol. The molecule has 98 valence electrons. The van der Waals surface area contributed by atoms with E-state index in [0.717, 1.165) is 12.0 Å². The average molecular weight is 260 g/mol. The van der Waals surface area contributed by atoms with Crippen LogP contribution in [0.3, 0.4) is 0 Å². The molecule has 1 rings (SSSR count). The Labute approximate surface area is 109 Å². The van der Waals surface area contributed by atoms with Crippen molar-refractivity contribution in [1.82, 2.24) is 0 Å². The van der Waals surface area contributed by atoms with Crippen molar-refractivity contribution in [3.05, 3.63) is 23.8 Å². The van der Waals surface area contributed by atoms with Gasteiger partial charge in [-0.15, -0.1) is 12.4 Å². The number of para-hydroxylation sites is 1. The molecule has 1 unspecified atom stereocenters. The first kappa shape index (κ1) is 16.1. The number of ether oxygens (including phenoxy) is 1. The van der Waals surface area contributed by atoms with Crippen LogP contribution in [0.1, 0.15) is 38.8 Å². The maximum atomic E-state index is 10.0. The zero-order valence-electron chi connectivity index (χ0n) is 10.6. The van der Waals surface area contributed by atoms with Gasteiger partial charge in [-0.2, -0.15) is 0 Å². The average Bonchev–Trinajstić information content (AvgIpc) is 2.30. The number of phenols is 1. The smallest absolute Gasteiger partial charge is 0.162 e. The van der Waals surface area contributed by atoms with Gasteiger partial charge in [-0.3, -0.25) is 0 Å². The normalized spacial score (nSPS) is 13.6. The molecule has 3 N–H and O–H groups in total. The van der Waals surface area contributed by atoms with Gasteiger partial charge in [0.15, 0.2) is 11.5 Å². The molecule has 0 bridgehead atoms. The van der Waals surface area contributed by atoms with E-state index in [2.05, 4.69) is 13.8 Å². The third-order valence-corrected chi connectivity index (χ3v) is 2.95. The molecule has 0 aliphatic rings. The topological polar surface area (TPSA) is 55.5 Å². The zero-order chi connectivity index (χ0) is 12.1. The van der Waals surface area contributed by atoms with Crippen molar-refractivity contribution in [3.63, 3.8) is 0 Å². The Kier molecular flexibility index (Phi) is 7.00. The number of hydrogen-bond acceptors (Lipinski definition) is 3. The van der Waals surface area contributed by atoms with Crippen LogP contribution in [-0.2, 0) is 0 Å². The fraction of sp³-hybridized carbons (Fsp3) is 0.538. The van der Waals surface area contributed by atoms with Crippen LogP contribution in [0, 0.1) is 5.92 Å². The van der Waals surface area contributed by atoms with E-state index in [1.807, 2.05) is 19.1 Å². The minimum absolute atomic E-state index is 0. The lowest BCUT2D eigenvalue weighted by Gasteiger charge is -2.20. The van der Waals surface area contributed by atoms with Gasteiger partial charge in [-0.05, 0) is 18.9 Å². The lowest BCUT2D eigenvalue weighted by molar-refractivity contribution is 0.313. The summed E-state index contributed by atoms with van der Waals surface area (Å²) >= 11 is 0. The minimum Gasteiger partial charge on any atom is -0.504 e. The second-order valence-electron chi connectivity index (χ2n) is 4.04. The first-order valence-electron chi connectivity index (χ1n) is 5.82. The molecule has 0 amide bonds. The first-order chi connectivity index (χ1) is 7.61. The van der Waals surface area contributed by atoms with Crippen molar-refractivity contribution < 1.29 is 9.84 Å². The molecular formula is C13H22ClNO2. The van der Waals surface area contributed by atoms with E-state index >= 15 is 0 Å². The number of halogens is 1. The maximum Gasteiger partial charge on any atom is 0.162 e. The van der Waals surface area contributed by atoms with Gasteiger partial charge in [-0.25, -0.2) is 0 Å². The van der Waals surface area contributed by atoms with Crippen LogP contribution in [0.15, 0.2) is 18.2 Å². The van der Waals surface area contributed by atoms with E-state index in [-0.39, 0.29) is 24.2 Å². The molecule has 0 heterocycles. The summed E-state index contributed by atoms with van der Waals surface area (Å²) in [5.41, 5.74) is 6.86. The number of phenolic OH excluding ortho intramolecular Hbond substituents is 1. The third-order valence-electron chi connectivity index (χ3n) is 2.95. The molecule has 0 spiro atoms. The third kappa shape index (κ3) is 3.79. The van der Waals surface area contributed by atoms with Crippen molar-refractivity contribution >= 4 is 12.4 Å². The highest BCUT2D eigenvalue weighted by Crippen LogP contribution is 2.35. The molecule has 1 aromatic rings. The van der Waals surface area contributed by atoms with Crippen LogP contribution in [0.4, 0.5) is 0 Å². The number of rotatable bonds is 5. The van der Waals surface area contributed by atoms with E-state index in [4.69, 9.17) is 10.5 Å². The van der Waals surface area contributed by atoms with Crippen molar-refractivity contribution in [1.29, 1.82) is 0 Å². The van der Waals surface area contributed by atoms with Gasteiger partial charge in [0.05, 0.1) is 6.61 Å². The molecule has 0 aliphatic carbocycles. The monoisotopic (exact) mass is 259 g/mol. The SMILES string of the molecule is CCOc1cccc([C@@H](N)C(C)CC)c1O.Cl. The lowest BCUT2D eigenvalue weighted by Crippen LogP contribution is -2.18. The van der Waals surface area contributed by atoms with Crippen LogP contribution in [-0.4, -0.2) is 11.7 Å². The van der Waals surface area contributed by atoms with Crippen molar-refractivity contribution in [2.24, 2.45) is 11.7 Å². The Morgan fingerprint density at radius 2 is 2.00 bits per heavy atom. The summed E-state index contributed by atoms with van der Waals surface area (Å²) in [6.45, 7) is 6.60. The van der Waals surface area contributed by atoms with Crippen molar-refractivity contribution in [2.75, 3.05) is 6.61 Å². The highest BCUT2D eigenvalue weighted by Gasteiger charge is 2.18. The lowest BCUT2D eigenvalue weighted by atomic mass is 9.92. The van der Waals surface area contributed by atoms with E-state index < -0.39 is 0 Å². The van der Waals surface area contributed by atoms with E-state index in [1.165, 1.54) is 0 Å². The molecule has 4 heteroatoms. The van der Waals surface area contributed by atoms with Gasteiger partial charge in [-0.1, -0.05) is 32.4 Å². The molecular weight excluding hydrogens is 238 g/mol. The van der Waals surface area contributed by atoms with E-state index in [1.54, 1.807) is 6.07 Å². The van der Waals surface area contributed by atoms with Gasteiger partial charge in [0.2, 0.25) is 0 Å². The van der Waals surface area contributed by atoms with Crippen LogP contribution < -0.4 is 10.5 Å². The Balaban J connectivity index is 0.00000256. The van der Waals surface area contributed by atoms with E-state index in [9.17, 15) is 5.11 Å². The number of aromatic hydroxyl groups is 1. The summed E-state index contributed by atoms with van der Waals surface area (Å²) < 4.78 is 5.34. The van der Waals surface area contributed by atoms with Crippen LogP contribution in [0.5, 0.6) is 11.5 Å². The van der Waals surface area contributed by atoms with Crippen LogP contribution in [0.2, 0.25) is 0 Å². The molecule has 2 atom stereocenters. The number of benzene rings is 1. The molecule has 0 fully saturated rings. The summed E-state index contributed by atoms with van der Waals surface area (Å²) in [5.74, 6) is 1.03. The second kappa shape index (κ2) is 7.41. The molecule has 3 nitrogen and oxygen atoms in total. The van der Waals surface area contributed by atoms with Gasteiger partial charge < -0.3 is 15.6 Å². The van der Waals surface area contributed by atoms with E-state index in [0.29, 0.717) is 18.3 Å². The van der Waals surface area contributed by atoms with Crippen molar-refractivity contribution in [2.45, 2.75) is 33.2 Å². The molecule has 0 radical (unpaired) electrons. The fourth-order valence-electron chi connectivity index (χ4n) is 1.64. The number of nitrogens with two attached hydrogens (primary N) is 1. The number of hydrogen-bond donors (Lipinski definition) is 2. The Bertz CT molecular complexity index is 344. The fourth-order valence-corrected chi connectivity index (χ4v) is 1.64. The molecule has 0 aliphatic heterocycles. The van der Waals surface area contributed by atoms with Gasteiger partial charge >= 0.3 is 0 Å². The first-order valence-corrected chi connectivity index (χ1v) is 5.82. The predicted octanol–water partition coefficient (Wildman–Crippen LogP) is 3.26. The Hall–Kier alpha value is -0.930. The quantitative estimate of drug-likeness (QED) is 0.853. The summed E-state index contributed by atoms with van der Waals surface area (Å²) in [4.78, 5) is 0. The summed E-state index contributed by atoms with van der Waals surface area (Å²) in [6, 6.07) is 5.33. The molecule has 0 saturated heterocycles. The molecule has 17 heavy (non-hydrogen) atoms. The second-order valence-corrected chi connectivity index (χ2v) is 4.04. The van der Waals surface area contributed by atoms with Crippen molar-refractivity contribution in [3.8, 4) is 11.5 Å². The highest BCUT2D eigenvalue weighted by molar-refractivity contribution is 5.85. The largest absolute Gasteiger partial charge is 0.504 e. The van der Waals surface area contributed by atoms with Crippen LogP contribution in [0.25, 0.3) is 0 Å². The molecule has 0 aromatic heterocycles. The summed E-state index contributed by atoms with van der Waals surface area (Å²) in [5, 5.41) is 10.0.